The van der Waals surface area contributed by atoms with Gasteiger partial charge in [-0.15, -0.1) is 0 Å². The molecule has 0 spiro atoms. The van der Waals surface area contributed by atoms with Gasteiger partial charge in [-0.1, -0.05) is 42.5 Å². The van der Waals surface area contributed by atoms with Gasteiger partial charge in [-0.05, 0) is 35.7 Å². The number of fused-ring (bicyclic) bond motifs is 2. The Morgan fingerprint density at radius 2 is 1.68 bits per heavy atom. The third-order valence-corrected chi connectivity index (χ3v) is 7.04. The van der Waals surface area contributed by atoms with Crippen molar-refractivity contribution >= 4 is 40.2 Å². The van der Waals surface area contributed by atoms with Crippen LogP contribution in [-0.2, 0) is 23.9 Å². The van der Waals surface area contributed by atoms with Crippen LogP contribution in [0.2, 0.25) is 0 Å². The minimum absolute atomic E-state index is 0.0961. The molecule has 10 heteroatoms. The Balaban J connectivity index is 1.37. The third-order valence-electron chi connectivity index (χ3n) is 7.04. The molecule has 2 saturated heterocycles. The van der Waals surface area contributed by atoms with Crippen LogP contribution < -0.4 is 10.6 Å². The lowest BCUT2D eigenvalue weighted by Crippen LogP contribution is -2.63. The first-order chi connectivity index (χ1) is 17.8. The van der Waals surface area contributed by atoms with Crippen LogP contribution in [0.1, 0.15) is 42.5 Å². The number of piperidine rings is 1. The molecule has 3 N–H and O–H groups in total. The SMILES string of the molecule is O=C1C[C@@H]2C/C=C\C[C@H](NC(=O)c3ccc4ccccc4c3)C(=O)N2[C@H](C(=O)NC2CC(=O)OC2O)C1. The van der Waals surface area contributed by atoms with E-state index in [1.807, 2.05) is 36.4 Å². The van der Waals surface area contributed by atoms with E-state index in [4.69, 9.17) is 0 Å². The number of carbonyl (C=O) groups is 5. The van der Waals surface area contributed by atoms with Gasteiger partial charge in [0.1, 0.15) is 23.9 Å². The standard InChI is InChI=1S/C27H27N3O7/c31-19-12-18-7-3-4-8-20(28-24(33)17-10-9-15-5-1-2-6-16(15)11-17)26(35)30(18)22(13-19)25(34)29-21-14-23(32)37-27(21)36/h1-6,9-11,18,20-22,27,36H,7-8,12-14H2,(H,28,33)(H,29,34)/b4-3-/t18-,20-,21?,22-,27?/m0/s1. The molecule has 10 nitrogen and oxygen atoms in total. The molecular formula is C27H27N3O7. The van der Waals surface area contributed by atoms with Crippen LogP contribution in [0.4, 0.5) is 0 Å². The second-order valence-corrected chi connectivity index (χ2v) is 9.59. The summed E-state index contributed by atoms with van der Waals surface area (Å²) in [6.07, 6.45) is 2.46. The molecule has 5 atom stereocenters. The lowest BCUT2D eigenvalue weighted by molar-refractivity contribution is -0.156. The first kappa shape index (κ1) is 24.6. The average molecular weight is 506 g/mol. The van der Waals surface area contributed by atoms with E-state index in [9.17, 15) is 29.1 Å². The number of aliphatic hydroxyl groups excluding tert-OH is 1. The quantitative estimate of drug-likeness (QED) is 0.415. The second kappa shape index (κ2) is 10.1. The van der Waals surface area contributed by atoms with Gasteiger partial charge in [-0.25, -0.2) is 0 Å². The summed E-state index contributed by atoms with van der Waals surface area (Å²) >= 11 is 0. The Morgan fingerprint density at radius 3 is 2.43 bits per heavy atom. The Labute approximate surface area is 212 Å². The van der Waals surface area contributed by atoms with Gasteiger partial charge < -0.3 is 25.4 Å². The lowest BCUT2D eigenvalue weighted by Gasteiger charge is -2.43. The summed E-state index contributed by atoms with van der Waals surface area (Å²) in [5.74, 6) is -2.36. The molecule has 2 aromatic rings. The van der Waals surface area contributed by atoms with Crippen LogP contribution in [0.25, 0.3) is 10.8 Å². The smallest absolute Gasteiger partial charge is 0.310 e. The number of esters is 1. The highest BCUT2D eigenvalue weighted by molar-refractivity contribution is 6.02. The zero-order valence-corrected chi connectivity index (χ0v) is 20.0. The van der Waals surface area contributed by atoms with Crippen LogP contribution in [0.15, 0.2) is 54.6 Å². The maximum atomic E-state index is 13.7. The van der Waals surface area contributed by atoms with Crippen molar-refractivity contribution in [2.24, 2.45) is 0 Å². The number of ketones is 1. The number of carbonyl (C=O) groups excluding carboxylic acids is 5. The summed E-state index contributed by atoms with van der Waals surface area (Å²) in [5, 5.41) is 17.1. The van der Waals surface area contributed by atoms with Crippen LogP contribution in [0.5, 0.6) is 0 Å². The van der Waals surface area contributed by atoms with Crippen LogP contribution >= 0.6 is 0 Å². The Kier molecular flexibility index (Phi) is 6.75. The van der Waals surface area contributed by atoms with Gasteiger partial charge in [0.05, 0.1) is 6.42 Å². The van der Waals surface area contributed by atoms with E-state index >= 15 is 0 Å². The predicted molar refractivity (Wildman–Crippen MR) is 131 cm³/mol. The molecule has 0 aliphatic carbocycles. The Bertz CT molecular complexity index is 1310. The number of hydrogen-bond donors (Lipinski definition) is 3. The maximum Gasteiger partial charge on any atom is 0.310 e. The van der Waals surface area contributed by atoms with Gasteiger partial charge in [0, 0.05) is 24.4 Å². The third kappa shape index (κ3) is 5.10. The molecule has 2 fully saturated rings. The molecule has 2 aromatic carbocycles. The van der Waals surface area contributed by atoms with Crippen molar-refractivity contribution in [3.05, 3.63) is 60.2 Å². The number of benzene rings is 2. The average Bonchev–Trinajstić information content (AvgIpc) is 3.19. The highest BCUT2D eigenvalue weighted by Crippen LogP contribution is 2.27. The summed E-state index contributed by atoms with van der Waals surface area (Å²) in [6.45, 7) is 0. The first-order valence-electron chi connectivity index (χ1n) is 12.3. The van der Waals surface area contributed by atoms with Crippen molar-refractivity contribution in [1.82, 2.24) is 15.5 Å². The second-order valence-electron chi connectivity index (χ2n) is 9.59. The fourth-order valence-electron chi connectivity index (χ4n) is 5.17. The molecule has 3 amide bonds. The number of aliphatic hydroxyl groups is 1. The molecule has 192 valence electrons. The van der Waals surface area contributed by atoms with Crippen molar-refractivity contribution in [3.8, 4) is 0 Å². The highest BCUT2D eigenvalue weighted by atomic mass is 16.6. The fraction of sp³-hybridized carbons (Fsp3) is 0.370. The van der Waals surface area contributed by atoms with Crippen molar-refractivity contribution in [2.75, 3.05) is 0 Å². The van der Waals surface area contributed by atoms with Crippen molar-refractivity contribution < 1.29 is 33.8 Å². The number of nitrogens with zero attached hydrogens (tertiary/aromatic N) is 1. The van der Waals surface area contributed by atoms with E-state index in [2.05, 4.69) is 15.4 Å². The topological polar surface area (TPSA) is 142 Å². The summed E-state index contributed by atoms with van der Waals surface area (Å²) in [4.78, 5) is 65.4. The van der Waals surface area contributed by atoms with Gasteiger partial charge in [0.2, 0.25) is 18.1 Å². The Hall–Kier alpha value is -4.05. The fourth-order valence-corrected chi connectivity index (χ4v) is 5.17. The van der Waals surface area contributed by atoms with Crippen LogP contribution in [-0.4, -0.2) is 69.9 Å². The molecule has 0 radical (unpaired) electrons. The van der Waals surface area contributed by atoms with E-state index in [1.54, 1.807) is 18.2 Å². The number of rotatable bonds is 4. The molecule has 3 aliphatic heterocycles. The van der Waals surface area contributed by atoms with Crippen molar-refractivity contribution in [2.45, 2.75) is 62.6 Å². The number of hydrogen-bond acceptors (Lipinski definition) is 7. The number of amides is 3. The Morgan fingerprint density at radius 1 is 0.919 bits per heavy atom. The summed E-state index contributed by atoms with van der Waals surface area (Å²) in [5.41, 5.74) is 0.400. The highest BCUT2D eigenvalue weighted by Gasteiger charge is 2.45. The van der Waals surface area contributed by atoms with Gasteiger partial charge >= 0.3 is 5.97 Å². The summed E-state index contributed by atoms with van der Waals surface area (Å²) in [7, 11) is 0. The van der Waals surface area contributed by atoms with Gasteiger partial charge in [0.15, 0.2) is 0 Å². The molecule has 0 aromatic heterocycles. The number of nitrogens with one attached hydrogen (secondary N) is 2. The molecule has 3 aliphatic rings. The van der Waals surface area contributed by atoms with Crippen LogP contribution in [0, 0.1) is 0 Å². The normalized spacial score (nSPS) is 28.6. The summed E-state index contributed by atoms with van der Waals surface area (Å²) < 4.78 is 4.67. The van der Waals surface area contributed by atoms with E-state index < -0.39 is 54.1 Å². The van der Waals surface area contributed by atoms with Gasteiger partial charge in [0.25, 0.3) is 5.91 Å². The zero-order chi connectivity index (χ0) is 26.1. The van der Waals surface area contributed by atoms with E-state index in [-0.39, 0.29) is 31.5 Å². The van der Waals surface area contributed by atoms with Crippen molar-refractivity contribution in [1.29, 1.82) is 0 Å². The first-order valence-corrected chi connectivity index (χ1v) is 12.3. The van der Waals surface area contributed by atoms with Crippen molar-refractivity contribution in [3.63, 3.8) is 0 Å². The molecule has 0 bridgehead atoms. The largest absolute Gasteiger partial charge is 0.434 e. The molecule has 0 saturated carbocycles. The zero-order valence-electron chi connectivity index (χ0n) is 20.0. The minimum Gasteiger partial charge on any atom is -0.434 e. The molecule has 2 unspecified atom stereocenters. The monoisotopic (exact) mass is 505 g/mol. The van der Waals surface area contributed by atoms with E-state index in [1.165, 1.54) is 4.90 Å². The predicted octanol–water partition coefficient (Wildman–Crippen LogP) is 0.967. The van der Waals surface area contributed by atoms with Gasteiger partial charge in [-0.3, -0.25) is 24.0 Å². The molecular weight excluding hydrogens is 478 g/mol. The molecule has 3 heterocycles. The number of cyclic esters (lactones) is 1. The number of Topliss-reactive ketones (excluding diaryl/α,β-unsaturated/α-hetero) is 1. The maximum absolute atomic E-state index is 13.7. The lowest BCUT2D eigenvalue weighted by atomic mass is 9.89. The minimum atomic E-state index is -1.49. The van der Waals surface area contributed by atoms with E-state index in [0.717, 1.165) is 10.8 Å². The number of ether oxygens (including phenoxy) is 1. The molecule has 5 rings (SSSR count). The summed E-state index contributed by atoms with van der Waals surface area (Å²) in [6, 6.07) is 9.31. The van der Waals surface area contributed by atoms with E-state index in [0.29, 0.717) is 12.0 Å². The van der Waals surface area contributed by atoms with Crippen LogP contribution in [0.3, 0.4) is 0 Å². The van der Waals surface area contributed by atoms with Gasteiger partial charge in [-0.2, -0.15) is 0 Å². The molecule has 37 heavy (non-hydrogen) atoms.